The van der Waals surface area contributed by atoms with Gasteiger partial charge in [-0.2, -0.15) is 0 Å². The molecule has 0 aromatic heterocycles. The van der Waals surface area contributed by atoms with Gasteiger partial charge in [-0.15, -0.1) is 0 Å². The van der Waals surface area contributed by atoms with Gasteiger partial charge in [0.15, 0.2) is 0 Å². The van der Waals surface area contributed by atoms with E-state index in [2.05, 4.69) is 0 Å². The Bertz CT molecular complexity index is 418. The van der Waals surface area contributed by atoms with Crippen molar-refractivity contribution < 1.29 is 9.90 Å². The molecule has 1 atom stereocenters. The lowest BCUT2D eigenvalue weighted by molar-refractivity contribution is -0.118. The van der Waals surface area contributed by atoms with E-state index in [-0.39, 0.29) is 5.91 Å². The van der Waals surface area contributed by atoms with E-state index in [9.17, 15) is 9.90 Å². The number of benzene rings is 1. The van der Waals surface area contributed by atoms with Crippen molar-refractivity contribution in [1.29, 1.82) is 0 Å². The van der Waals surface area contributed by atoms with Crippen LogP contribution >= 0.6 is 0 Å². The molecule has 1 saturated heterocycles. The minimum absolute atomic E-state index is 0.0972. The SMILES string of the molecule is Cc1ccccc1N1C(=O)CCN1CC(C)O. The zero-order chi connectivity index (χ0) is 12.4. The summed E-state index contributed by atoms with van der Waals surface area (Å²) in [6, 6.07) is 7.81. The first-order chi connectivity index (χ1) is 8.09. The topological polar surface area (TPSA) is 43.8 Å². The van der Waals surface area contributed by atoms with E-state index in [0.717, 1.165) is 11.3 Å². The van der Waals surface area contributed by atoms with Crippen LogP contribution in [0.5, 0.6) is 0 Å². The van der Waals surface area contributed by atoms with Gasteiger partial charge in [-0.25, -0.2) is 10.0 Å². The van der Waals surface area contributed by atoms with Gasteiger partial charge in [-0.1, -0.05) is 18.2 Å². The van der Waals surface area contributed by atoms with E-state index in [1.807, 2.05) is 36.2 Å². The third-order valence-electron chi connectivity index (χ3n) is 2.92. The summed E-state index contributed by atoms with van der Waals surface area (Å²) in [5.41, 5.74) is 1.98. The van der Waals surface area contributed by atoms with E-state index >= 15 is 0 Å². The van der Waals surface area contributed by atoms with Crippen LogP contribution in [0.3, 0.4) is 0 Å². The fourth-order valence-corrected chi connectivity index (χ4v) is 2.15. The van der Waals surface area contributed by atoms with Crippen molar-refractivity contribution in [2.24, 2.45) is 0 Å². The second-order valence-electron chi connectivity index (χ2n) is 4.50. The molecule has 1 aliphatic rings. The lowest BCUT2D eigenvalue weighted by atomic mass is 10.2. The molecule has 1 aromatic carbocycles. The third kappa shape index (κ3) is 2.48. The standard InChI is InChI=1S/C13H18N2O2/c1-10-5-3-4-6-12(10)15-13(17)7-8-14(15)9-11(2)16/h3-6,11,16H,7-9H2,1-2H3. The van der Waals surface area contributed by atoms with Crippen LogP contribution in [0.2, 0.25) is 0 Å². The van der Waals surface area contributed by atoms with Gasteiger partial charge < -0.3 is 5.11 Å². The molecule has 1 fully saturated rings. The molecule has 0 saturated carbocycles. The zero-order valence-corrected chi connectivity index (χ0v) is 10.3. The average Bonchev–Trinajstić information content (AvgIpc) is 2.60. The highest BCUT2D eigenvalue weighted by atomic mass is 16.3. The van der Waals surface area contributed by atoms with Crippen LogP contribution in [-0.2, 0) is 4.79 Å². The maximum Gasteiger partial charge on any atom is 0.242 e. The summed E-state index contributed by atoms with van der Waals surface area (Å²) in [7, 11) is 0. The molecule has 0 radical (unpaired) electrons. The van der Waals surface area contributed by atoms with Gasteiger partial charge in [0.05, 0.1) is 11.8 Å². The number of aliphatic hydroxyl groups excluding tert-OH is 1. The molecule has 1 unspecified atom stereocenters. The Morgan fingerprint density at radius 2 is 2.12 bits per heavy atom. The quantitative estimate of drug-likeness (QED) is 0.858. The molecule has 1 amide bonds. The molecule has 92 valence electrons. The number of carbonyl (C=O) groups is 1. The van der Waals surface area contributed by atoms with Gasteiger partial charge >= 0.3 is 0 Å². The van der Waals surface area contributed by atoms with E-state index in [0.29, 0.717) is 19.5 Å². The number of β-amino-alcohol motifs (C(OH)–C–C–N with tert-alkyl or cyclic N) is 1. The highest BCUT2D eigenvalue weighted by molar-refractivity contribution is 5.95. The largest absolute Gasteiger partial charge is 0.392 e. The van der Waals surface area contributed by atoms with E-state index in [1.54, 1.807) is 11.9 Å². The van der Waals surface area contributed by atoms with Crippen LogP contribution in [0, 0.1) is 6.92 Å². The van der Waals surface area contributed by atoms with Crippen molar-refractivity contribution in [1.82, 2.24) is 5.01 Å². The Hall–Kier alpha value is -1.39. The second-order valence-corrected chi connectivity index (χ2v) is 4.50. The van der Waals surface area contributed by atoms with Gasteiger partial charge in [-0.05, 0) is 25.5 Å². The van der Waals surface area contributed by atoms with Crippen molar-refractivity contribution >= 4 is 11.6 Å². The Morgan fingerprint density at radius 3 is 2.76 bits per heavy atom. The number of hydrogen-bond acceptors (Lipinski definition) is 3. The Morgan fingerprint density at radius 1 is 1.41 bits per heavy atom. The number of hydrazine groups is 1. The predicted molar refractivity (Wildman–Crippen MR) is 66.5 cm³/mol. The number of para-hydroxylation sites is 1. The summed E-state index contributed by atoms with van der Waals surface area (Å²) in [6.45, 7) is 4.89. The molecular weight excluding hydrogens is 216 g/mol. The van der Waals surface area contributed by atoms with Crippen LogP contribution < -0.4 is 5.01 Å². The maximum atomic E-state index is 11.9. The fourth-order valence-electron chi connectivity index (χ4n) is 2.15. The zero-order valence-electron chi connectivity index (χ0n) is 10.3. The Kier molecular flexibility index (Phi) is 3.45. The second kappa shape index (κ2) is 4.85. The molecule has 0 bridgehead atoms. The van der Waals surface area contributed by atoms with Crippen molar-refractivity contribution in [3.63, 3.8) is 0 Å². The first kappa shape index (κ1) is 12.1. The van der Waals surface area contributed by atoms with Gasteiger partial charge in [0.2, 0.25) is 5.91 Å². The van der Waals surface area contributed by atoms with Crippen molar-refractivity contribution in [3.05, 3.63) is 29.8 Å². The lowest BCUT2D eigenvalue weighted by Crippen LogP contribution is -2.43. The highest BCUT2D eigenvalue weighted by Gasteiger charge is 2.31. The highest BCUT2D eigenvalue weighted by Crippen LogP contribution is 2.25. The summed E-state index contributed by atoms with van der Waals surface area (Å²) in [5, 5.41) is 13.1. The van der Waals surface area contributed by atoms with Crippen LogP contribution in [0.4, 0.5) is 5.69 Å². The van der Waals surface area contributed by atoms with Crippen LogP contribution in [0.1, 0.15) is 18.9 Å². The van der Waals surface area contributed by atoms with E-state index in [4.69, 9.17) is 0 Å². The predicted octanol–water partition coefficient (Wildman–Crippen LogP) is 1.33. The smallest absolute Gasteiger partial charge is 0.242 e. The van der Waals surface area contributed by atoms with Crippen molar-refractivity contribution in [3.8, 4) is 0 Å². The van der Waals surface area contributed by atoms with Crippen LogP contribution in [0.25, 0.3) is 0 Å². The van der Waals surface area contributed by atoms with E-state index in [1.165, 1.54) is 0 Å². The van der Waals surface area contributed by atoms with Crippen LogP contribution in [0.15, 0.2) is 24.3 Å². The number of hydrogen-bond donors (Lipinski definition) is 1. The molecule has 4 heteroatoms. The number of amides is 1. The average molecular weight is 234 g/mol. The molecule has 1 aromatic rings. The number of carbonyl (C=O) groups excluding carboxylic acids is 1. The molecule has 0 spiro atoms. The number of anilines is 1. The lowest BCUT2D eigenvalue weighted by Gasteiger charge is -2.29. The molecule has 1 N–H and O–H groups in total. The fraction of sp³-hybridized carbons (Fsp3) is 0.462. The van der Waals surface area contributed by atoms with Crippen LogP contribution in [-0.4, -0.2) is 35.2 Å². The summed E-state index contributed by atoms with van der Waals surface area (Å²) < 4.78 is 0. The molecule has 4 nitrogen and oxygen atoms in total. The first-order valence-electron chi connectivity index (χ1n) is 5.91. The molecule has 1 aliphatic heterocycles. The summed E-state index contributed by atoms with van der Waals surface area (Å²) >= 11 is 0. The molecule has 1 heterocycles. The molecule has 0 aliphatic carbocycles. The number of rotatable bonds is 3. The van der Waals surface area contributed by atoms with Gasteiger partial charge in [0.1, 0.15) is 0 Å². The minimum atomic E-state index is -0.438. The normalized spacial score (nSPS) is 18.8. The van der Waals surface area contributed by atoms with Crippen molar-refractivity contribution in [2.75, 3.05) is 18.1 Å². The van der Waals surface area contributed by atoms with Gasteiger partial charge in [0.25, 0.3) is 0 Å². The Balaban J connectivity index is 2.28. The molecular formula is C13H18N2O2. The number of aryl methyl sites for hydroxylation is 1. The summed E-state index contributed by atoms with van der Waals surface area (Å²) in [5.74, 6) is 0.0972. The Labute approximate surface area is 101 Å². The number of nitrogens with zero attached hydrogens (tertiary/aromatic N) is 2. The summed E-state index contributed by atoms with van der Waals surface area (Å²) in [4.78, 5) is 11.9. The number of aliphatic hydroxyl groups is 1. The van der Waals surface area contributed by atoms with Crippen molar-refractivity contribution in [2.45, 2.75) is 26.4 Å². The maximum absolute atomic E-state index is 11.9. The van der Waals surface area contributed by atoms with E-state index < -0.39 is 6.10 Å². The third-order valence-corrected chi connectivity index (χ3v) is 2.92. The monoisotopic (exact) mass is 234 g/mol. The molecule has 17 heavy (non-hydrogen) atoms. The van der Waals surface area contributed by atoms with Gasteiger partial charge in [0, 0.05) is 19.5 Å². The molecule has 2 rings (SSSR count). The van der Waals surface area contributed by atoms with Gasteiger partial charge in [-0.3, -0.25) is 4.79 Å². The summed E-state index contributed by atoms with van der Waals surface area (Å²) in [6.07, 6.45) is 0.0774. The first-order valence-corrected chi connectivity index (χ1v) is 5.91. The minimum Gasteiger partial charge on any atom is -0.392 e.